The first-order valence-corrected chi connectivity index (χ1v) is 12.0. The summed E-state index contributed by atoms with van der Waals surface area (Å²) in [6.07, 6.45) is 2.65. The van der Waals surface area contributed by atoms with Crippen molar-refractivity contribution in [3.8, 4) is 0 Å². The van der Waals surface area contributed by atoms with Crippen LogP contribution in [0.1, 0.15) is 31.7 Å². The van der Waals surface area contributed by atoms with Crippen molar-refractivity contribution in [2.45, 2.75) is 48.6 Å². The highest BCUT2D eigenvalue weighted by Crippen LogP contribution is 2.25. The van der Waals surface area contributed by atoms with Crippen LogP contribution in [0.3, 0.4) is 0 Å². The average molecular weight is 427 g/mol. The molecule has 2 aromatic rings. The number of hydrogen-bond acceptors (Lipinski definition) is 4. The lowest BCUT2D eigenvalue weighted by molar-refractivity contribution is 0.268. The summed E-state index contributed by atoms with van der Waals surface area (Å²) in [6, 6.07) is 10.6. The van der Waals surface area contributed by atoms with Crippen molar-refractivity contribution in [3.63, 3.8) is 0 Å². The highest BCUT2D eigenvalue weighted by molar-refractivity contribution is 7.89. The summed E-state index contributed by atoms with van der Waals surface area (Å²) in [5.41, 5.74) is 0.614. The molecular formula is C19H23FN2O4S2. The molecular weight excluding hydrogens is 403 g/mol. The van der Waals surface area contributed by atoms with Crippen molar-refractivity contribution in [1.82, 2.24) is 9.03 Å². The molecule has 0 aliphatic carbocycles. The van der Waals surface area contributed by atoms with Gasteiger partial charge in [0.05, 0.1) is 9.79 Å². The van der Waals surface area contributed by atoms with E-state index in [1.54, 1.807) is 0 Å². The van der Waals surface area contributed by atoms with Crippen LogP contribution in [-0.2, 0) is 26.6 Å². The minimum atomic E-state index is -3.82. The minimum absolute atomic E-state index is 0.00789. The molecule has 1 fully saturated rings. The van der Waals surface area contributed by atoms with Gasteiger partial charge in [0, 0.05) is 19.1 Å². The predicted molar refractivity (Wildman–Crippen MR) is 104 cm³/mol. The monoisotopic (exact) mass is 426 g/mol. The summed E-state index contributed by atoms with van der Waals surface area (Å²) in [6.45, 7) is 2.37. The molecule has 1 heterocycles. The van der Waals surface area contributed by atoms with Gasteiger partial charge in [0.1, 0.15) is 5.82 Å². The van der Waals surface area contributed by atoms with Crippen LogP contribution in [0.2, 0.25) is 0 Å². The molecule has 152 valence electrons. The van der Waals surface area contributed by atoms with E-state index in [0.29, 0.717) is 12.1 Å². The van der Waals surface area contributed by atoms with E-state index in [0.717, 1.165) is 19.3 Å². The van der Waals surface area contributed by atoms with Gasteiger partial charge in [-0.15, -0.1) is 0 Å². The Balaban J connectivity index is 1.74. The zero-order valence-corrected chi connectivity index (χ0v) is 17.1. The third-order valence-corrected chi connectivity index (χ3v) is 8.31. The summed E-state index contributed by atoms with van der Waals surface area (Å²) >= 11 is 0. The quantitative estimate of drug-likeness (QED) is 0.770. The van der Waals surface area contributed by atoms with E-state index in [4.69, 9.17) is 0 Å². The molecule has 0 radical (unpaired) electrons. The summed E-state index contributed by atoms with van der Waals surface area (Å²) in [5, 5.41) is 0. The van der Waals surface area contributed by atoms with Crippen LogP contribution in [0.15, 0.2) is 58.3 Å². The molecule has 1 aliphatic heterocycles. The van der Waals surface area contributed by atoms with Gasteiger partial charge in [-0.1, -0.05) is 18.6 Å². The maximum Gasteiger partial charge on any atom is 0.243 e. The third-order valence-electron chi connectivity index (χ3n) is 4.86. The van der Waals surface area contributed by atoms with E-state index in [-0.39, 0.29) is 22.4 Å². The minimum Gasteiger partial charge on any atom is -0.207 e. The van der Waals surface area contributed by atoms with Crippen molar-refractivity contribution in [2.75, 3.05) is 6.54 Å². The average Bonchev–Trinajstić information content (AvgIpc) is 2.68. The molecule has 6 nitrogen and oxygen atoms in total. The van der Waals surface area contributed by atoms with Gasteiger partial charge in [0.25, 0.3) is 0 Å². The highest BCUT2D eigenvalue weighted by Gasteiger charge is 2.31. The van der Waals surface area contributed by atoms with Crippen LogP contribution < -0.4 is 4.72 Å². The number of piperidine rings is 1. The molecule has 1 saturated heterocycles. The Morgan fingerprint density at radius 1 is 0.964 bits per heavy atom. The molecule has 1 N–H and O–H groups in total. The van der Waals surface area contributed by atoms with E-state index in [9.17, 15) is 21.2 Å². The second-order valence-corrected chi connectivity index (χ2v) is 10.5. The Kier molecular flexibility index (Phi) is 6.18. The lowest BCUT2D eigenvalue weighted by atomic mass is 10.1. The maximum atomic E-state index is 12.9. The zero-order chi connectivity index (χ0) is 20.4. The predicted octanol–water partition coefficient (Wildman–Crippen LogP) is 2.87. The largest absolute Gasteiger partial charge is 0.243 e. The summed E-state index contributed by atoms with van der Waals surface area (Å²) in [4.78, 5) is 0.0546. The lowest BCUT2D eigenvalue weighted by Crippen LogP contribution is -2.41. The molecule has 9 heteroatoms. The van der Waals surface area contributed by atoms with Crippen molar-refractivity contribution < 1.29 is 21.2 Å². The molecule has 1 aliphatic rings. The van der Waals surface area contributed by atoms with Gasteiger partial charge in [-0.3, -0.25) is 0 Å². The molecule has 0 bridgehead atoms. The van der Waals surface area contributed by atoms with Crippen LogP contribution in [0.25, 0.3) is 0 Å². The molecule has 0 spiro atoms. The lowest BCUT2D eigenvalue weighted by Gasteiger charge is -2.32. The molecule has 0 amide bonds. The van der Waals surface area contributed by atoms with Gasteiger partial charge < -0.3 is 0 Å². The van der Waals surface area contributed by atoms with Crippen molar-refractivity contribution in [3.05, 3.63) is 59.9 Å². The van der Waals surface area contributed by atoms with Crippen LogP contribution in [0.4, 0.5) is 4.39 Å². The van der Waals surface area contributed by atoms with E-state index in [2.05, 4.69) is 4.72 Å². The van der Waals surface area contributed by atoms with Gasteiger partial charge in [0.2, 0.25) is 20.0 Å². The Hall–Kier alpha value is -1.81. The number of halogens is 1. The first kappa shape index (κ1) is 20.9. The number of rotatable bonds is 6. The molecule has 0 saturated carbocycles. The Bertz CT molecular complexity index is 1020. The van der Waals surface area contributed by atoms with Gasteiger partial charge in [-0.05, 0) is 61.7 Å². The normalized spacial score (nSPS) is 18.9. The molecule has 0 aromatic heterocycles. The van der Waals surface area contributed by atoms with Crippen molar-refractivity contribution in [1.29, 1.82) is 0 Å². The van der Waals surface area contributed by atoms with Gasteiger partial charge in [-0.25, -0.2) is 25.9 Å². The maximum absolute atomic E-state index is 12.9. The van der Waals surface area contributed by atoms with E-state index in [1.807, 2.05) is 6.92 Å². The van der Waals surface area contributed by atoms with E-state index >= 15 is 0 Å². The van der Waals surface area contributed by atoms with Crippen molar-refractivity contribution in [2.24, 2.45) is 0 Å². The second kappa shape index (κ2) is 8.28. The SMILES string of the molecule is CC1CCCCN1S(=O)(=O)c1ccc(S(=O)(=O)NCc2ccc(F)cc2)cc1. The Morgan fingerprint density at radius 3 is 2.18 bits per heavy atom. The summed E-state index contributed by atoms with van der Waals surface area (Å²) < 4.78 is 67.4. The summed E-state index contributed by atoms with van der Waals surface area (Å²) in [7, 11) is -7.47. The van der Waals surface area contributed by atoms with Crippen LogP contribution >= 0.6 is 0 Å². The number of nitrogens with one attached hydrogen (secondary N) is 1. The smallest absolute Gasteiger partial charge is 0.207 e. The highest BCUT2D eigenvalue weighted by atomic mass is 32.2. The van der Waals surface area contributed by atoms with Crippen molar-refractivity contribution >= 4 is 20.0 Å². The second-order valence-electron chi connectivity index (χ2n) is 6.88. The number of hydrogen-bond donors (Lipinski definition) is 1. The fourth-order valence-corrected chi connectivity index (χ4v) is 5.94. The molecule has 1 unspecified atom stereocenters. The van der Waals surface area contributed by atoms with Crippen LogP contribution in [0.5, 0.6) is 0 Å². The fourth-order valence-electron chi connectivity index (χ4n) is 3.22. The Labute approximate surface area is 165 Å². The molecule has 1 atom stereocenters. The molecule has 3 rings (SSSR count). The number of benzene rings is 2. The zero-order valence-electron chi connectivity index (χ0n) is 15.5. The number of nitrogens with zero attached hydrogens (tertiary/aromatic N) is 1. The van der Waals surface area contributed by atoms with Crippen LogP contribution in [-0.4, -0.2) is 33.7 Å². The standard InChI is InChI=1S/C19H23FN2O4S2/c1-15-4-2-3-13-22(15)28(25,26)19-11-9-18(10-12-19)27(23,24)21-14-16-5-7-17(20)8-6-16/h5-12,15,21H,2-4,13-14H2,1H3. The number of sulfonamides is 2. The fraction of sp³-hybridized carbons (Fsp3) is 0.368. The molecule has 2 aromatic carbocycles. The van der Waals surface area contributed by atoms with Gasteiger partial charge in [0.15, 0.2) is 0 Å². The molecule has 28 heavy (non-hydrogen) atoms. The first-order chi connectivity index (χ1) is 13.2. The van der Waals surface area contributed by atoms with E-state index in [1.165, 1.54) is 52.8 Å². The van der Waals surface area contributed by atoms with Crippen LogP contribution in [0, 0.1) is 5.82 Å². The van der Waals surface area contributed by atoms with E-state index < -0.39 is 25.9 Å². The van der Waals surface area contributed by atoms with Gasteiger partial charge in [-0.2, -0.15) is 4.31 Å². The third kappa shape index (κ3) is 4.60. The van der Waals surface area contributed by atoms with Gasteiger partial charge >= 0.3 is 0 Å². The Morgan fingerprint density at radius 2 is 1.57 bits per heavy atom. The topological polar surface area (TPSA) is 83.6 Å². The first-order valence-electron chi connectivity index (χ1n) is 9.06. The summed E-state index contributed by atoms with van der Waals surface area (Å²) in [5.74, 6) is -0.397.